The van der Waals surface area contributed by atoms with E-state index >= 15 is 0 Å². The topological polar surface area (TPSA) is 53.4 Å². The number of thiazole rings is 1. The highest BCUT2D eigenvalue weighted by molar-refractivity contribution is 7.09. The number of rotatable bonds is 5. The minimum atomic E-state index is -4.78. The number of alkyl halides is 3. The summed E-state index contributed by atoms with van der Waals surface area (Å²) < 4.78 is 39.2. The Morgan fingerprint density at radius 1 is 1.07 bits per heavy atom. The number of aromatic nitrogens is 1. The smallest absolute Gasteiger partial charge is 0.376 e. The van der Waals surface area contributed by atoms with Crippen LogP contribution in [0.25, 0.3) is 0 Å². The average Bonchev–Trinajstić information content (AvgIpc) is 3.39. The molecule has 162 valence electrons. The summed E-state index contributed by atoms with van der Waals surface area (Å²) in [6.45, 7) is 0.723. The molecule has 0 bridgehead atoms. The van der Waals surface area contributed by atoms with E-state index in [1.807, 2.05) is 16.5 Å². The lowest BCUT2D eigenvalue weighted by Crippen LogP contribution is -2.43. The second-order valence-corrected chi connectivity index (χ2v) is 9.39. The SMILES string of the molecule is C[C@](O)(c1ccc(C(=O)N(C2CC2)[C@H]2CC[C@@H](c3nccs3)CC2)cc1)C(F)(F)F. The van der Waals surface area contributed by atoms with Crippen LogP contribution in [0.1, 0.15) is 72.3 Å². The van der Waals surface area contributed by atoms with E-state index in [0.717, 1.165) is 50.5 Å². The van der Waals surface area contributed by atoms with Crippen LogP contribution in [0.3, 0.4) is 0 Å². The summed E-state index contributed by atoms with van der Waals surface area (Å²) in [6, 6.07) is 5.57. The molecular formula is C22H25F3N2O2S. The fraction of sp³-hybridized carbons (Fsp3) is 0.545. The highest BCUT2D eigenvalue weighted by Gasteiger charge is 2.51. The zero-order chi connectivity index (χ0) is 21.5. The van der Waals surface area contributed by atoms with Crippen molar-refractivity contribution in [1.29, 1.82) is 0 Å². The summed E-state index contributed by atoms with van der Waals surface area (Å²) in [5.41, 5.74) is -2.85. The van der Waals surface area contributed by atoms with Crippen LogP contribution in [0.15, 0.2) is 35.8 Å². The Hall–Kier alpha value is -1.93. The third kappa shape index (κ3) is 4.12. The van der Waals surface area contributed by atoms with Gasteiger partial charge in [0.25, 0.3) is 5.91 Å². The molecule has 8 heteroatoms. The average molecular weight is 439 g/mol. The van der Waals surface area contributed by atoms with Crippen molar-refractivity contribution in [3.8, 4) is 0 Å². The number of carbonyl (C=O) groups is 1. The summed E-state index contributed by atoms with van der Waals surface area (Å²) in [6.07, 6.45) is 2.78. The summed E-state index contributed by atoms with van der Waals surface area (Å²) in [5, 5.41) is 13.0. The molecule has 2 aromatic rings. The van der Waals surface area contributed by atoms with Gasteiger partial charge in [-0.1, -0.05) is 12.1 Å². The first-order chi connectivity index (χ1) is 14.2. The molecule has 0 aliphatic heterocycles. The van der Waals surface area contributed by atoms with Crippen molar-refractivity contribution in [2.45, 2.75) is 75.2 Å². The van der Waals surface area contributed by atoms with Crippen molar-refractivity contribution >= 4 is 17.2 Å². The largest absolute Gasteiger partial charge is 0.421 e. The molecule has 4 rings (SSSR count). The van der Waals surface area contributed by atoms with Crippen molar-refractivity contribution in [3.05, 3.63) is 52.0 Å². The molecule has 0 unspecified atom stereocenters. The molecule has 0 saturated heterocycles. The lowest BCUT2D eigenvalue weighted by molar-refractivity contribution is -0.258. The standard InChI is InChI=1S/C22H25F3N2O2S/c1-21(29,22(23,24)25)16-6-2-15(3-7-16)20(28)27(18-10-11-18)17-8-4-14(5-9-17)19-26-12-13-30-19/h2-3,6-7,12-14,17-18,29H,4-5,8-11H2,1H3/t14-,17+,21-/m0/s1. The van der Waals surface area contributed by atoms with Crippen LogP contribution >= 0.6 is 11.3 Å². The van der Waals surface area contributed by atoms with Crippen LogP contribution in [-0.2, 0) is 5.60 Å². The maximum Gasteiger partial charge on any atom is 0.421 e. The summed E-state index contributed by atoms with van der Waals surface area (Å²) in [5.74, 6) is 0.315. The van der Waals surface area contributed by atoms with E-state index in [2.05, 4.69) is 4.98 Å². The van der Waals surface area contributed by atoms with Crippen LogP contribution < -0.4 is 0 Å². The number of aliphatic hydroxyl groups is 1. The second-order valence-electron chi connectivity index (χ2n) is 8.47. The van der Waals surface area contributed by atoms with Gasteiger partial charge < -0.3 is 10.0 Å². The number of hydrogen-bond acceptors (Lipinski definition) is 4. The summed E-state index contributed by atoms with van der Waals surface area (Å²) >= 11 is 1.67. The predicted octanol–water partition coefficient (Wildman–Crippen LogP) is 5.24. The van der Waals surface area contributed by atoms with Gasteiger partial charge in [-0.3, -0.25) is 4.79 Å². The van der Waals surface area contributed by atoms with Crippen LogP contribution in [0.5, 0.6) is 0 Å². The Bertz CT molecular complexity index is 869. The third-order valence-electron chi connectivity index (χ3n) is 6.31. The molecule has 2 fully saturated rings. The molecule has 1 amide bonds. The monoisotopic (exact) mass is 438 g/mol. The second kappa shape index (κ2) is 7.96. The van der Waals surface area contributed by atoms with Gasteiger partial charge in [-0.25, -0.2) is 4.98 Å². The van der Waals surface area contributed by atoms with Crippen LogP contribution in [0.4, 0.5) is 13.2 Å². The maximum absolute atomic E-state index is 13.2. The number of carbonyl (C=O) groups excluding carboxylic acids is 1. The Morgan fingerprint density at radius 3 is 2.10 bits per heavy atom. The van der Waals surface area contributed by atoms with E-state index in [0.29, 0.717) is 11.5 Å². The van der Waals surface area contributed by atoms with Gasteiger partial charge in [-0.2, -0.15) is 13.2 Å². The van der Waals surface area contributed by atoms with E-state index in [9.17, 15) is 23.1 Å². The van der Waals surface area contributed by atoms with Gasteiger partial charge in [0.15, 0.2) is 5.60 Å². The third-order valence-corrected chi connectivity index (χ3v) is 7.25. The fourth-order valence-electron chi connectivity index (χ4n) is 4.27. The number of hydrogen-bond donors (Lipinski definition) is 1. The number of amides is 1. The van der Waals surface area contributed by atoms with Crippen LogP contribution in [0, 0.1) is 0 Å². The van der Waals surface area contributed by atoms with Crippen molar-refractivity contribution in [3.63, 3.8) is 0 Å². The number of halogens is 3. The molecule has 1 heterocycles. The van der Waals surface area contributed by atoms with Gasteiger partial charge in [0.1, 0.15) is 0 Å². The molecule has 1 atom stereocenters. The number of benzene rings is 1. The van der Waals surface area contributed by atoms with Gasteiger partial charge in [0.05, 0.1) is 5.01 Å². The van der Waals surface area contributed by atoms with Crippen molar-refractivity contribution in [1.82, 2.24) is 9.88 Å². The van der Waals surface area contributed by atoms with E-state index < -0.39 is 11.8 Å². The fourth-order valence-corrected chi connectivity index (χ4v) is 5.08. The van der Waals surface area contributed by atoms with E-state index in [1.54, 1.807) is 11.3 Å². The Morgan fingerprint density at radius 2 is 1.63 bits per heavy atom. The Kier molecular flexibility index (Phi) is 5.66. The van der Waals surface area contributed by atoms with E-state index in [-0.39, 0.29) is 23.6 Å². The molecule has 4 nitrogen and oxygen atoms in total. The first-order valence-electron chi connectivity index (χ1n) is 10.3. The molecule has 0 radical (unpaired) electrons. The molecule has 1 N–H and O–H groups in total. The van der Waals surface area contributed by atoms with E-state index in [1.165, 1.54) is 24.3 Å². The molecule has 2 aliphatic rings. The lowest BCUT2D eigenvalue weighted by atomic mass is 9.85. The molecule has 30 heavy (non-hydrogen) atoms. The van der Waals surface area contributed by atoms with Crippen molar-refractivity contribution < 1.29 is 23.1 Å². The first-order valence-corrected chi connectivity index (χ1v) is 11.2. The van der Waals surface area contributed by atoms with Crippen molar-refractivity contribution in [2.75, 3.05) is 0 Å². The quantitative estimate of drug-likeness (QED) is 0.694. The molecule has 0 spiro atoms. The molecular weight excluding hydrogens is 413 g/mol. The van der Waals surface area contributed by atoms with E-state index in [4.69, 9.17) is 0 Å². The van der Waals surface area contributed by atoms with Gasteiger partial charge in [-0.05, 0) is 63.1 Å². The van der Waals surface area contributed by atoms with Crippen LogP contribution in [-0.4, -0.2) is 39.2 Å². The van der Waals surface area contributed by atoms with Crippen molar-refractivity contribution in [2.24, 2.45) is 0 Å². The van der Waals surface area contributed by atoms with Gasteiger partial charge in [-0.15, -0.1) is 11.3 Å². The minimum absolute atomic E-state index is 0.131. The number of nitrogens with zero attached hydrogens (tertiary/aromatic N) is 2. The summed E-state index contributed by atoms with van der Waals surface area (Å²) in [4.78, 5) is 19.6. The Balaban J connectivity index is 1.47. The van der Waals surface area contributed by atoms with Gasteiger partial charge in [0, 0.05) is 35.1 Å². The van der Waals surface area contributed by atoms with Crippen LogP contribution in [0.2, 0.25) is 0 Å². The molecule has 2 aliphatic carbocycles. The normalized spacial score (nSPS) is 24.3. The first kappa shape index (κ1) is 21.3. The maximum atomic E-state index is 13.2. The molecule has 1 aromatic carbocycles. The zero-order valence-electron chi connectivity index (χ0n) is 16.7. The zero-order valence-corrected chi connectivity index (χ0v) is 17.5. The molecule has 1 aromatic heterocycles. The Labute approximate surface area is 177 Å². The van der Waals surface area contributed by atoms with Gasteiger partial charge >= 0.3 is 6.18 Å². The highest BCUT2D eigenvalue weighted by atomic mass is 32.1. The van der Waals surface area contributed by atoms with Gasteiger partial charge in [0.2, 0.25) is 0 Å². The lowest BCUT2D eigenvalue weighted by Gasteiger charge is -2.37. The predicted molar refractivity (Wildman–Crippen MR) is 108 cm³/mol. The highest BCUT2D eigenvalue weighted by Crippen LogP contribution is 2.41. The molecule has 2 saturated carbocycles. The minimum Gasteiger partial charge on any atom is -0.376 e. The summed E-state index contributed by atoms with van der Waals surface area (Å²) in [7, 11) is 0.